The molecule has 0 aromatic carbocycles. The predicted molar refractivity (Wildman–Crippen MR) is 71.0 cm³/mol. The number of hydrogen-bond donors (Lipinski definition) is 3. The van der Waals surface area contributed by atoms with Gasteiger partial charge < -0.3 is 9.73 Å². The lowest BCUT2D eigenvalue weighted by atomic mass is 10.3. The molecule has 0 bridgehead atoms. The molecule has 1 amide bonds. The van der Waals surface area contributed by atoms with Gasteiger partial charge >= 0.3 is 5.69 Å². The molecule has 8 heteroatoms. The van der Waals surface area contributed by atoms with Crippen molar-refractivity contribution in [2.24, 2.45) is 0 Å². The summed E-state index contributed by atoms with van der Waals surface area (Å²) in [5.74, 6) is 1.74. The van der Waals surface area contributed by atoms with Gasteiger partial charge in [0.2, 0.25) is 0 Å². The number of hydrogen-bond acceptors (Lipinski definition) is 5. The highest BCUT2D eigenvalue weighted by atomic mass is 32.2. The van der Waals surface area contributed by atoms with Crippen LogP contribution in [0.15, 0.2) is 21.3 Å². The van der Waals surface area contributed by atoms with Crippen molar-refractivity contribution in [3.63, 3.8) is 0 Å². The Morgan fingerprint density at radius 3 is 3.00 bits per heavy atom. The Morgan fingerprint density at radius 2 is 2.37 bits per heavy atom. The first-order chi connectivity index (χ1) is 9.10. The smallest absolute Gasteiger partial charge is 0.340 e. The fraction of sp³-hybridized carbons (Fsp3) is 0.364. The lowest BCUT2D eigenvalue weighted by Crippen LogP contribution is -2.27. The monoisotopic (exact) mass is 282 g/mol. The molecule has 3 N–H and O–H groups in total. The van der Waals surface area contributed by atoms with E-state index >= 15 is 0 Å². The first kappa shape index (κ1) is 13.5. The molecule has 0 aliphatic rings. The summed E-state index contributed by atoms with van der Waals surface area (Å²) in [6.45, 7) is 1.72. The molecule has 0 unspecified atom stereocenters. The van der Waals surface area contributed by atoms with Crippen molar-refractivity contribution in [2.45, 2.75) is 18.7 Å². The predicted octanol–water partition coefficient (Wildman–Crippen LogP) is 1.04. The Labute approximate surface area is 113 Å². The molecule has 0 saturated carbocycles. The van der Waals surface area contributed by atoms with Crippen LogP contribution in [-0.4, -0.2) is 27.3 Å². The van der Waals surface area contributed by atoms with Crippen molar-refractivity contribution in [1.82, 2.24) is 20.5 Å². The van der Waals surface area contributed by atoms with Crippen LogP contribution in [0.1, 0.15) is 35.1 Å². The molecule has 102 valence electrons. The molecule has 2 aromatic rings. The van der Waals surface area contributed by atoms with Crippen LogP contribution < -0.4 is 11.0 Å². The molecule has 0 fully saturated rings. The van der Waals surface area contributed by atoms with E-state index in [-0.39, 0.29) is 11.7 Å². The topological polar surface area (TPSA) is 104 Å². The van der Waals surface area contributed by atoms with Gasteiger partial charge in [0.25, 0.3) is 5.91 Å². The number of nitrogens with one attached hydrogen (secondary N) is 3. The largest absolute Gasteiger partial charge is 0.455 e. The summed E-state index contributed by atoms with van der Waals surface area (Å²) >= 11 is 1.61. The van der Waals surface area contributed by atoms with Crippen LogP contribution in [0.25, 0.3) is 0 Å². The zero-order valence-electron chi connectivity index (χ0n) is 10.5. The van der Waals surface area contributed by atoms with Crippen LogP contribution in [0.5, 0.6) is 0 Å². The van der Waals surface area contributed by atoms with Gasteiger partial charge in [0.15, 0.2) is 11.6 Å². The lowest BCUT2D eigenvalue weighted by Gasteiger charge is -2.08. The average Bonchev–Trinajstić information content (AvgIpc) is 2.98. The number of aromatic amines is 2. The summed E-state index contributed by atoms with van der Waals surface area (Å²) in [6, 6.07) is 2.98. The first-order valence-electron chi connectivity index (χ1n) is 5.63. The van der Waals surface area contributed by atoms with E-state index in [9.17, 15) is 9.59 Å². The zero-order chi connectivity index (χ0) is 13.8. The minimum atomic E-state index is -0.416. The van der Waals surface area contributed by atoms with Crippen LogP contribution in [0.2, 0.25) is 0 Å². The van der Waals surface area contributed by atoms with Gasteiger partial charge in [0, 0.05) is 0 Å². The second-order valence-corrected chi connectivity index (χ2v) is 4.82. The summed E-state index contributed by atoms with van der Waals surface area (Å²) in [7, 11) is 0. The Bertz CT molecular complexity index is 615. The molecule has 19 heavy (non-hydrogen) atoms. The molecular weight excluding hydrogens is 268 g/mol. The number of aromatic nitrogens is 3. The van der Waals surface area contributed by atoms with Crippen molar-refractivity contribution in [1.29, 1.82) is 0 Å². The number of nitrogens with zero attached hydrogens (tertiary/aromatic N) is 1. The van der Waals surface area contributed by atoms with Gasteiger partial charge in [-0.1, -0.05) is 0 Å². The van der Waals surface area contributed by atoms with E-state index in [1.807, 2.05) is 6.26 Å². The summed E-state index contributed by atoms with van der Waals surface area (Å²) in [4.78, 5) is 25.3. The molecule has 0 saturated heterocycles. The Hall–Kier alpha value is -1.96. The van der Waals surface area contributed by atoms with E-state index in [2.05, 4.69) is 20.5 Å². The third-order valence-corrected chi connectivity index (χ3v) is 3.02. The van der Waals surface area contributed by atoms with Gasteiger partial charge in [-0.3, -0.25) is 9.78 Å². The average molecular weight is 282 g/mol. The van der Waals surface area contributed by atoms with Gasteiger partial charge in [-0.15, -0.1) is 0 Å². The fourth-order valence-corrected chi connectivity index (χ4v) is 1.98. The maximum absolute atomic E-state index is 11.9. The molecule has 7 nitrogen and oxygen atoms in total. The second-order valence-electron chi connectivity index (χ2n) is 3.96. The van der Waals surface area contributed by atoms with E-state index < -0.39 is 11.7 Å². The summed E-state index contributed by atoms with van der Waals surface area (Å²) in [6.07, 6.45) is 1.96. The number of amides is 1. The standard InChI is InChI=1S/C11H14N4O3S/c1-6(9-13-11(17)15-14-9)12-10(16)8-4-3-7(18-8)5-19-2/h3-4,6H,5H2,1-2H3,(H,12,16)(H2,13,14,15,17)/t6-/m1/s1. The SMILES string of the molecule is CSCc1ccc(C(=O)N[C@H](C)c2n[nH]c(=O)[nH]2)o1. The molecule has 0 radical (unpaired) electrons. The molecule has 2 aromatic heterocycles. The van der Waals surface area contributed by atoms with Gasteiger partial charge in [-0.05, 0) is 25.3 Å². The van der Waals surface area contributed by atoms with Crippen LogP contribution in [0.4, 0.5) is 0 Å². The first-order valence-corrected chi connectivity index (χ1v) is 7.02. The van der Waals surface area contributed by atoms with Gasteiger partial charge in [-0.2, -0.15) is 16.9 Å². The number of furan rings is 1. The van der Waals surface area contributed by atoms with Crippen LogP contribution in [0.3, 0.4) is 0 Å². The number of carbonyl (C=O) groups is 1. The van der Waals surface area contributed by atoms with Crippen LogP contribution in [-0.2, 0) is 5.75 Å². The third-order valence-electron chi connectivity index (χ3n) is 2.45. The van der Waals surface area contributed by atoms with Crippen molar-refractivity contribution in [3.8, 4) is 0 Å². The lowest BCUT2D eigenvalue weighted by molar-refractivity contribution is 0.0909. The number of H-pyrrole nitrogens is 2. The summed E-state index contributed by atoms with van der Waals surface area (Å²) < 4.78 is 5.39. The summed E-state index contributed by atoms with van der Waals surface area (Å²) in [5.41, 5.74) is -0.406. The second kappa shape index (κ2) is 5.79. The van der Waals surface area contributed by atoms with Crippen molar-refractivity contribution < 1.29 is 9.21 Å². The van der Waals surface area contributed by atoms with E-state index in [1.54, 1.807) is 30.8 Å². The minimum absolute atomic E-state index is 0.244. The molecule has 0 aliphatic carbocycles. The zero-order valence-corrected chi connectivity index (χ0v) is 11.3. The maximum Gasteiger partial charge on any atom is 0.340 e. The van der Waals surface area contributed by atoms with Crippen molar-refractivity contribution in [2.75, 3.05) is 6.26 Å². The highest BCUT2D eigenvalue weighted by Crippen LogP contribution is 2.14. The molecule has 1 atom stereocenters. The molecule has 0 aliphatic heterocycles. The van der Waals surface area contributed by atoms with Crippen LogP contribution in [0, 0.1) is 0 Å². The molecular formula is C11H14N4O3S. The Morgan fingerprint density at radius 1 is 1.58 bits per heavy atom. The quantitative estimate of drug-likeness (QED) is 0.760. The van der Waals surface area contributed by atoms with E-state index in [0.29, 0.717) is 5.82 Å². The van der Waals surface area contributed by atoms with Gasteiger partial charge in [-0.25, -0.2) is 9.89 Å². The van der Waals surface area contributed by atoms with E-state index in [0.717, 1.165) is 11.5 Å². The van der Waals surface area contributed by atoms with Gasteiger partial charge in [0.1, 0.15) is 5.76 Å². The Kier molecular flexibility index (Phi) is 4.10. The van der Waals surface area contributed by atoms with E-state index in [4.69, 9.17) is 4.42 Å². The Balaban J connectivity index is 2.01. The third kappa shape index (κ3) is 3.28. The van der Waals surface area contributed by atoms with E-state index in [1.165, 1.54) is 0 Å². The maximum atomic E-state index is 11.9. The highest BCUT2D eigenvalue weighted by Gasteiger charge is 2.16. The number of carbonyl (C=O) groups excluding carboxylic acids is 1. The fourth-order valence-electron chi connectivity index (χ4n) is 1.54. The molecule has 2 heterocycles. The van der Waals surface area contributed by atoms with Gasteiger partial charge in [0.05, 0.1) is 11.8 Å². The van der Waals surface area contributed by atoms with Crippen LogP contribution >= 0.6 is 11.8 Å². The normalized spacial score (nSPS) is 12.3. The summed E-state index contributed by atoms with van der Waals surface area (Å²) in [5, 5.41) is 8.69. The minimum Gasteiger partial charge on any atom is -0.455 e. The van der Waals surface area contributed by atoms with Crippen molar-refractivity contribution >= 4 is 17.7 Å². The highest BCUT2D eigenvalue weighted by molar-refractivity contribution is 7.97. The molecule has 2 rings (SSSR count). The number of rotatable bonds is 5. The van der Waals surface area contributed by atoms with Crippen molar-refractivity contribution in [3.05, 3.63) is 40.0 Å². The number of thioether (sulfide) groups is 1. The molecule has 0 spiro atoms.